The van der Waals surface area contributed by atoms with Gasteiger partial charge < -0.3 is 5.11 Å². The number of aliphatic carboxylic acids is 1. The Kier molecular flexibility index (Phi) is 4.61. The van der Waals surface area contributed by atoms with Gasteiger partial charge in [0, 0.05) is 16.8 Å². The van der Waals surface area contributed by atoms with E-state index >= 15 is 0 Å². The number of carboxylic acid groups (broad SMARTS) is 1. The summed E-state index contributed by atoms with van der Waals surface area (Å²) >= 11 is 3.36. The van der Waals surface area contributed by atoms with Crippen molar-refractivity contribution in [3.8, 4) is 0 Å². The molecule has 0 fully saturated rings. The number of benzene rings is 1. The van der Waals surface area contributed by atoms with E-state index < -0.39 is 11.9 Å². The molecular formula is C14H15NO2S2. The summed E-state index contributed by atoms with van der Waals surface area (Å²) in [4.78, 5) is 15.3. The number of nitrogens with zero attached hydrogens (tertiary/aromatic N) is 1. The monoisotopic (exact) mass is 293 g/mol. The zero-order valence-electron chi connectivity index (χ0n) is 10.8. The average Bonchev–Trinajstić information content (AvgIpc) is 2.82. The number of hydrogen-bond acceptors (Lipinski definition) is 4. The Morgan fingerprint density at radius 1 is 1.42 bits per heavy atom. The van der Waals surface area contributed by atoms with Gasteiger partial charge in [0.2, 0.25) is 0 Å². The van der Waals surface area contributed by atoms with Crippen molar-refractivity contribution in [3.05, 3.63) is 46.5 Å². The summed E-state index contributed by atoms with van der Waals surface area (Å²) in [5, 5.41) is 11.0. The largest absolute Gasteiger partial charge is 0.481 e. The van der Waals surface area contributed by atoms with Crippen molar-refractivity contribution < 1.29 is 9.90 Å². The summed E-state index contributed by atoms with van der Waals surface area (Å²) in [6.07, 6.45) is 0. The number of aryl methyl sites for hydroxylation is 1. The van der Waals surface area contributed by atoms with Gasteiger partial charge in [0.05, 0.1) is 5.92 Å². The molecule has 1 N–H and O–H groups in total. The minimum atomic E-state index is -0.791. The van der Waals surface area contributed by atoms with Gasteiger partial charge in [-0.05, 0) is 25.0 Å². The Balaban J connectivity index is 1.97. The maximum absolute atomic E-state index is 10.9. The summed E-state index contributed by atoms with van der Waals surface area (Å²) in [7, 11) is 0. The van der Waals surface area contributed by atoms with E-state index in [2.05, 4.69) is 4.98 Å². The van der Waals surface area contributed by atoms with Crippen LogP contribution in [-0.2, 0) is 10.5 Å². The van der Waals surface area contributed by atoms with Crippen LogP contribution in [0.3, 0.4) is 0 Å². The average molecular weight is 293 g/mol. The van der Waals surface area contributed by atoms with E-state index in [1.165, 1.54) is 5.56 Å². The van der Waals surface area contributed by atoms with E-state index in [1.54, 1.807) is 30.0 Å². The molecule has 1 aromatic heterocycles. The number of carbonyl (C=O) groups is 1. The van der Waals surface area contributed by atoms with Gasteiger partial charge in [-0.25, -0.2) is 4.98 Å². The summed E-state index contributed by atoms with van der Waals surface area (Å²) < 4.78 is 1.07. The van der Waals surface area contributed by atoms with E-state index in [4.69, 9.17) is 5.11 Å². The van der Waals surface area contributed by atoms with Crippen molar-refractivity contribution in [2.75, 3.05) is 0 Å². The maximum atomic E-state index is 10.9. The fourth-order valence-corrected chi connectivity index (χ4v) is 3.39. The third-order valence-electron chi connectivity index (χ3n) is 2.81. The van der Waals surface area contributed by atoms with Crippen molar-refractivity contribution >= 4 is 29.1 Å². The Morgan fingerprint density at radius 2 is 2.11 bits per heavy atom. The van der Waals surface area contributed by atoms with Crippen molar-refractivity contribution in [2.45, 2.75) is 29.9 Å². The lowest BCUT2D eigenvalue weighted by molar-refractivity contribution is -0.138. The second-order valence-electron chi connectivity index (χ2n) is 4.34. The standard InChI is InChI=1S/C14H15NO2S2/c1-9-7-18-14(15-9)19-8-11-3-5-12(6-4-11)10(2)13(16)17/h3-7,10H,8H2,1-2H3,(H,16,17). The number of hydrogen-bond donors (Lipinski definition) is 1. The van der Waals surface area contributed by atoms with Crippen LogP contribution in [0.2, 0.25) is 0 Å². The van der Waals surface area contributed by atoms with Crippen LogP contribution in [0.25, 0.3) is 0 Å². The molecule has 19 heavy (non-hydrogen) atoms. The molecule has 2 aromatic rings. The van der Waals surface area contributed by atoms with Crippen molar-refractivity contribution in [1.29, 1.82) is 0 Å². The summed E-state index contributed by atoms with van der Waals surface area (Å²) in [5.74, 6) is -0.391. The molecule has 0 radical (unpaired) electrons. The van der Waals surface area contributed by atoms with Crippen molar-refractivity contribution in [2.24, 2.45) is 0 Å². The molecule has 3 nitrogen and oxygen atoms in total. The van der Waals surface area contributed by atoms with Gasteiger partial charge in [-0.3, -0.25) is 4.79 Å². The van der Waals surface area contributed by atoms with Gasteiger partial charge in [0.1, 0.15) is 4.34 Å². The molecule has 1 atom stereocenters. The van der Waals surface area contributed by atoms with Crippen LogP contribution in [0.4, 0.5) is 0 Å². The minimum Gasteiger partial charge on any atom is -0.481 e. The molecule has 0 saturated carbocycles. The summed E-state index contributed by atoms with van der Waals surface area (Å²) in [6.45, 7) is 3.69. The van der Waals surface area contributed by atoms with Crippen LogP contribution in [0.1, 0.15) is 29.7 Å². The first kappa shape index (κ1) is 14.1. The van der Waals surface area contributed by atoms with Crippen molar-refractivity contribution in [3.63, 3.8) is 0 Å². The zero-order valence-corrected chi connectivity index (χ0v) is 12.4. The van der Waals surface area contributed by atoms with Crippen LogP contribution in [-0.4, -0.2) is 16.1 Å². The zero-order chi connectivity index (χ0) is 13.8. The smallest absolute Gasteiger partial charge is 0.310 e. The molecule has 2 rings (SSSR count). The summed E-state index contributed by atoms with van der Waals surface area (Å²) in [5.41, 5.74) is 3.07. The highest BCUT2D eigenvalue weighted by Crippen LogP contribution is 2.26. The maximum Gasteiger partial charge on any atom is 0.310 e. The molecule has 0 aliphatic rings. The second-order valence-corrected chi connectivity index (χ2v) is 6.43. The molecular weight excluding hydrogens is 278 g/mol. The van der Waals surface area contributed by atoms with Gasteiger partial charge in [-0.15, -0.1) is 11.3 Å². The molecule has 0 bridgehead atoms. The van der Waals surface area contributed by atoms with E-state index in [0.29, 0.717) is 0 Å². The molecule has 0 spiro atoms. The highest BCUT2D eigenvalue weighted by molar-refractivity contribution is 8.00. The van der Waals surface area contributed by atoms with Gasteiger partial charge in [0.25, 0.3) is 0 Å². The predicted octanol–water partition coefficient (Wildman–Crippen LogP) is 3.93. The fourth-order valence-electron chi connectivity index (χ4n) is 1.59. The molecule has 1 aromatic carbocycles. The first-order valence-corrected chi connectivity index (χ1v) is 7.79. The normalized spacial score (nSPS) is 12.3. The predicted molar refractivity (Wildman–Crippen MR) is 78.9 cm³/mol. The number of thioether (sulfide) groups is 1. The molecule has 100 valence electrons. The second kappa shape index (κ2) is 6.21. The quantitative estimate of drug-likeness (QED) is 0.849. The Bertz CT molecular complexity index is 563. The van der Waals surface area contributed by atoms with Gasteiger partial charge >= 0.3 is 5.97 Å². The lowest BCUT2D eigenvalue weighted by atomic mass is 10.0. The van der Waals surface area contributed by atoms with Gasteiger partial charge in [0.15, 0.2) is 0 Å². The fraction of sp³-hybridized carbons (Fsp3) is 0.286. The number of rotatable bonds is 5. The number of thiazole rings is 1. The minimum absolute atomic E-state index is 0.455. The number of aromatic nitrogens is 1. The van der Waals surface area contributed by atoms with Crippen LogP contribution >= 0.6 is 23.1 Å². The van der Waals surface area contributed by atoms with Gasteiger partial charge in [-0.1, -0.05) is 36.0 Å². The molecule has 0 saturated heterocycles. The number of carboxylic acids is 1. The molecule has 0 amide bonds. The third kappa shape index (κ3) is 3.81. The van der Waals surface area contributed by atoms with E-state index in [1.807, 2.05) is 36.6 Å². The summed E-state index contributed by atoms with van der Waals surface area (Å²) in [6, 6.07) is 7.76. The SMILES string of the molecule is Cc1csc(SCc2ccc(C(C)C(=O)O)cc2)n1. The van der Waals surface area contributed by atoms with Crippen molar-refractivity contribution in [1.82, 2.24) is 4.98 Å². The highest BCUT2D eigenvalue weighted by Gasteiger charge is 2.12. The van der Waals surface area contributed by atoms with Crippen LogP contribution in [0, 0.1) is 6.92 Å². The van der Waals surface area contributed by atoms with Crippen LogP contribution in [0.5, 0.6) is 0 Å². The highest BCUT2D eigenvalue weighted by atomic mass is 32.2. The van der Waals surface area contributed by atoms with Crippen LogP contribution < -0.4 is 0 Å². The van der Waals surface area contributed by atoms with Gasteiger partial charge in [-0.2, -0.15) is 0 Å². The van der Waals surface area contributed by atoms with E-state index in [-0.39, 0.29) is 0 Å². The topological polar surface area (TPSA) is 50.2 Å². The molecule has 5 heteroatoms. The molecule has 0 aliphatic heterocycles. The molecule has 1 unspecified atom stereocenters. The van der Waals surface area contributed by atoms with E-state index in [9.17, 15) is 4.79 Å². The first-order chi connectivity index (χ1) is 9.06. The Morgan fingerprint density at radius 3 is 2.63 bits per heavy atom. The Hall–Kier alpha value is -1.33. The molecule has 0 aliphatic carbocycles. The van der Waals surface area contributed by atoms with E-state index in [0.717, 1.165) is 21.3 Å². The van der Waals surface area contributed by atoms with Crippen LogP contribution in [0.15, 0.2) is 34.0 Å². The lowest BCUT2D eigenvalue weighted by Gasteiger charge is -2.07. The lowest BCUT2D eigenvalue weighted by Crippen LogP contribution is -2.07. The first-order valence-electron chi connectivity index (χ1n) is 5.93. The molecule has 1 heterocycles. The Labute approximate surface area is 120 Å². The third-order valence-corrected chi connectivity index (χ3v) is 5.02.